The van der Waals surface area contributed by atoms with Gasteiger partial charge in [-0.15, -0.1) is 0 Å². The summed E-state index contributed by atoms with van der Waals surface area (Å²) < 4.78 is 28.3. The van der Waals surface area contributed by atoms with Crippen molar-refractivity contribution in [2.75, 3.05) is 24.5 Å². The van der Waals surface area contributed by atoms with E-state index >= 15 is 0 Å². The summed E-state index contributed by atoms with van der Waals surface area (Å²) in [5.74, 6) is 0.425. The van der Waals surface area contributed by atoms with E-state index in [1.54, 1.807) is 12.1 Å². The zero-order valence-electron chi connectivity index (χ0n) is 25.1. The third kappa shape index (κ3) is 5.60. The van der Waals surface area contributed by atoms with Crippen LogP contribution in [0.2, 0.25) is 0 Å². The molecule has 0 N–H and O–H groups in total. The van der Waals surface area contributed by atoms with Gasteiger partial charge in [-0.05, 0) is 136 Å². The van der Waals surface area contributed by atoms with Crippen molar-refractivity contribution in [2.45, 2.75) is 78.1 Å². The Balaban J connectivity index is 1.10. The van der Waals surface area contributed by atoms with Crippen molar-refractivity contribution in [3.8, 4) is 0 Å². The van der Waals surface area contributed by atoms with Crippen molar-refractivity contribution in [3.63, 3.8) is 0 Å². The SMILES string of the molecule is C/C=C(/c1cccc(F)c1)c1ccc(CN2CCC(C(C)N(CC34CC(F)(C3)C4)c3ccccc3C)CC2)cc1C. The summed E-state index contributed by atoms with van der Waals surface area (Å²) in [6, 6.07) is 22.8. The molecule has 4 aliphatic rings. The molecule has 3 aliphatic carbocycles. The maximum Gasteiger partial charge on any atom is 0.123 e. The van der Waals surface area contributed by atoms with Crippen LogP contribution in [0.1, 0.15) is 73.8 Å². The fourth-order valence-corrected chi connectivity index (χ4v) is 8.09. The number of hydrogen-bond acceptors (Lipinski definition) is 2. The van der Waals surface area contributed by atoms with Gasteiger partial charge >= 0.3 is 0 Å². The van der Waals surface area contributed by atoms with Crippen LogP contribution in [0.3, 0.4) is 0 Å². The summed E-state index contributed by atoms with van der Waals surface area (Å²) >= 11 is 0. The van der Waals surface area contributed by atoms with E-state index in [1.165, 1.54) is 41.3 Å². The van der Waals surface area contributed by atoms with Crippen molar-refractivity contribution < 1.29 is 8.78 Å². The summed E-state index contributed by atoms with van der Waals surface area (Å²) in [4.78, 5) is 5.22. The van der Waals surface area contributed by atoms with Crippen LogP contribution in [0.25, 0.3) is 5.57 Å². The number of para-hydroxylation sites is 1. The first kappa shape index (κ1) is 28.2. The van der Waals surface area contributed by atoms with E-state index < -0.39 is 5.67 Å². The van der Waals surface area contributed by atoms with Crippen LogP contribution in [0.5, 0.6) is 0 Å². The van der Waals surface area contributed by atoms with Crippen LogP contribution in [-0.2, 0) is 6.54 Å². The smallest absolute Gasteiger partial charge is 0.123 e. The number of piperidine rings is 1. The second kappa shape index (κ2) is 11.0. The molecule has 0 amide bonds. The lowest BCUT2D eigenvalue weighted by molar-refractivity contribution is -0.207. The van der Waals surface area contributed by atoms with E-state index in [4.69, 9.17) is 0 Å². The van der Waals surface area contributed by atoms with Gasteiger partial charge in [-0.1, -0.05) is 54.6 Å². The predicted molar refractivity (Wildman–Crippen MR) is 166 cm³/mol. The molecule has 3 saturated carbocycles. The number of halogens is 2. The minimum atomic E-state index is -0.851. The van der Waals surface area contributed by atoms with Crippen molar-refractivity contribution in [3.05, 3.63) is 106 Å². The van der Waals surface area contributed by atoms with Crippen molar-refractivity contribution in [1.29, 1.82) is 0 Å². The molecule has 1 heterocycles. The minimum Gasteiger partial charge on any atom is -0.368 e. The number of aryl methyl sites for hydroxylation is 2. The number of likely N-dealkylation sites (tertiary alicyclic amines) is 1. The van der Waals surface area contributed by atoms with Crippen LogP contribution in [0, 0.1) is 31.0 Å². The summed E-state index contributed by atoms with van der Waals surface area (Å²) in [6.45, 7) is 12.9. The van der Waals surface area contributed by atoms with Gasteiger partial charge in [-0.2, -0.15) is 0 Å². The molecule has 7 rings (SSSR count). The monoisotopic (exact) mass is 554 g/mol. The third-order valence-corrected chi connectivity index (χ3v) is 10.2. The number of benzene rings is 3. The van der Waals surface area contributed by atoms with Gasteiger partial charge in [0.05, 0.1) is 0 Å². The number of alkyl halides is 1. The maximum atomic E-state index is 14.4. The molecule has 4 heteroatoms. The fourth-order valence-electron chi connectivity index (χ4n) is 8.09. The molecule has 216 valence electrons. The molecule has 3 aromatic carbocycles. The van der Waals surface area contributed by atoms with Crippen molar-refractivity contribution >= 4 is 11.3 Å². The zero-order chi connectivity index (χ0) is 28.8. The number of hydrogen-bond donors (Lipinski definition) is 0. The summed E-state index contributed by atoms with van der Waals surface area (Å²) in [5.41, 5.74) is 7.69. The highest BCUT2D eigenvalue weighted by atomic mass is 19.1. The molecular weight excluding hydrogens is 510 g/mol. The molecule has 4 fully saturated rings. The summed E-state index contributed by atoms with van der Waals surface area (Å²) in [5, 5.41) is 0. The largest absolute Gasteiger partial charge is 0.368 e. The molecule has 0 radical (unpaired) electrons. The molecule has 2 bridgehead atoms. The molecule has 0 aromatic heterocycles. The third-order valence-electron chi connectivity index (χ3n) is 10.2. The van der Waals surface area contributed by atoms with Gasteiger partial charge in [0.25, 0.3) is 0 Å². The topological polar surface area (TPSA) is 6.48 Å². The highest BCUT2D eigenvalue weighted by Gasteiger charge is 2.69. The Morgan fingerprint density at radius 3 is 2.34 bits per heavy atom. The van der Waals surface area contributed by atoms with Gasteiger partial charge in [0.15, 0.2) is 0 Å². The molecule has 1 unspecified atom stereocenters. The van der Waals surface area contributed by atoms with Crippen molar-refractivity contribution in [1.82, 2.24) is 4.90 Å². The molecule has 3 aromatic rings. The molecule has 0 spiro atoms. The lowest BCUT2D eigenvalue weighted by atomic mass is 9.42. The van der Waals surface area contributed by atoms with Crippen LogP contribution in [0.15, 0.2) is 72.8 Å². The molecule has 1 saturated heterocycles. The molecule has 2 nitrogen and oxygen atoms in total. The lowest BCUT2D eigenvalue weighted by Crippen LogP contribution is -2.68. The highest BCUT2D eigenvalue weighted by molar-refractivity contribution is 5.81. The van der Waals surface area contributed by atoms with Gasteiger partial charge < -0.3 is 4.90 Å². The normalized spacial score (nSPS) is 25.4. The van der Waals surface area contributed by atoms with Gasteiger partial charge in [0.2, 0.25) is 0 Å². The van der Waals surface area contributed by atoms with E-state index in [9.17, 15) is 8.78 Å². The Kier molecular flexibility index (Phi) is 7.57. The standard InChI is InChI=1S/C37H44F2N2/c1-5-33(31-10-8-11-32(38)20-31)34-14-13-29(19-27(34)3)21-40-17-15-30(16-18-40)28(4)41(35-12-7-6-9-26(35)2)25-36-22-37(39,23-36)24-36/h5-14,19-20,28,30H,15-18,21-25H2,1-4H3/b33-5-. The van der Waals surface area contributed by atoms with Gasteiger partial charge in [-0.25, -0.2) is 8.78 Å². The average Bonchev–Trinajstić information content (AvgIpc) is 2.92. The van der Waals surface area contributed by atoms with Gasteiger partial charge in [0.1, 0.15) is 11.5 Å². The highest BCUT2D eigenvalue weighted by Crippen LogP contribution is 2.69. The Morgan fingerprint density at radius 2 is 1.71 bits per heavy atom. The summed E-state index contributed by atoms with van der Waals surface area (Å²) in [7, 11) is 0. The van der Waals surface area contributed by atoms with Crippen molar-refractivity contribution in [2.24, 2.45) is 11.3 Å². The van der Waals surface area contributed by atoms with Gasteiger partial charge in [0, 0.05) is 24.8 Å². The first-order valence-corrected chi connectivity index (χ1v) is 15.4. The van der Waals surface area contributed by atoms with E-state index in [2.05, 4.69) is 79.1 Å². The average molecular weight is 555 g/mol. The molecule has 41 heavy (non-hydrogen) atoms. The molecular formula is C37H44F2N2. The van der Waals surface area contributed by atoms with Crippen LogP contribution in [0.4, 0.5) is 14.5 Å². The van der Waals surface area contributed by atoms with E-state index in [1.807, 2.05) is 13.0 Å². The maximum absolute atomic E-state index is 14.4. The lowest BCUT2D eigenvalue weighted by Gasteiger charge is -2.67. The second-order valence-electron chi connectivity index (χ2n) is 13.3. The number of rotatable bonds is 9. The number of allylic oxidation sites excluding steroid dienone is 1. The first-order valence-electron chi connectivity index (χ1n) is 15.4. The van der Waals surface area contributed by atoms with Crippen LogP contribution >= 0.6 is 0 Å². The van der Waals surface area contributed by atoms with E-state index in [-0.39, 0.29) is 11.2 Å². The van der Waals surface area contributed by atoms with Crippen LogP contribution in [-0.4, -0.2) is 36.2 Å². The fraction of sp³-hybridized carbons (Fsp3) is 0.459. The second-order valence-corrected chi connectivity index (χ2v) is 13.3. The number of anilines is 1. The summed E-state index contributed by atoms with van der Waals surface area (Å²) in [6.07, 6.45) is 6.70. The predicted octanol–water partition coefficient (Wildman–Crippen LogP) is 8.89. The Hall–Kier alpha value is -2.98. The molecule has 1 aliphatic heterocycles. The Morgan fingerprint density at radius 1 is 0.976 bits per heavy atom. The van der Waals surface area contributed by atoms with Gasteiger partial charge in [-0.3, -0.25) is 4.90 Å². The first-order chi connectivity index (χ1) is 19.7. The minimum absolute atomic E-state index is 0.192. The number of nitrogens with zero attached hydrogens (tertiary/aromatic N) is 2. The van der Waals surface area contributed by atoms with E-state index in [0.29, 0.717) is 12.0 Å². The van der Waals surface area contributed by atoms with Crippen LogP contribution < -0.4 is 4.90 Å². The van der Waals surface area contributed by atoms with E-state index in [0.717, 1.165) is 62.1 Å². The zero-order valence-corrected chi connectivity index (χ0v) is 25.1. The Bertz CT molecular complexity index is 1410. The Labute approximate surface area is 245 Å². The molecule has 1 atom stereocenters. The quantitative estimate of drug-likeness (QED) is 0.261.